The van der Waals surface area contributed by atoms with Gasteiger partial charge in [-0.15, -0.1) is 0 Å². The van der Waals surface area contributed by atoms with Crippen molar-refractivity contribution >= 4 is 15.9 Å². The Morgan fingerprint density at radius 1 is 1.22 bits per heavy atom. The lowest BCUT2D eigenvalue weighted by atomic mass is 10.1. The highest BCUT2D eigenvalue weighted by Gasteiger charge is 2.27. The van der Waals surface area contributed by atoms with Gasteiger partial charge in [-0.2, -0.15) is 0 Å². The van der Waals surface area contributed by atoms with Crippen molar-refractivity contribution in [2.45, 2.75) is 6.42 Å². The Morgan fingerprint density at radius 3 is 2.52 bits per heavy atom. The van der Waals surface area contributed by atoms with E-state index in [0.717, 1.165) is 5.75 Å². The number of benzene rings is 1. The van der Waals surface area contributed by atoms with Gasteiger partial charge >= 0.3 is 6.03 Å². The van der Waals surface area contributed by atoms with Crippen LogP contribution >= 0.6 is 0 Å². The lowest BCUT2D eigenvalue weighted by Crippen LogP contribution is -2.40. The van der Waals surface area contributed by atoms with E-state index in [9.17, 15) is 13.2 Å². The molecule has 0 spiro atoms. The number of sulfone groups is 1. The smallest absolute Gasteiger partial charge is 0.314 e. The van der Waals surface area contributed by atoms with E-state index in [0.29, 0.717) is 31.9 Å². The molecule has 0 aromatic heterocycles. The number of ether oxygens (including phenoxy) is 2. The van der Waals surface area contributed by atoms with Crippen LogP contribution in [0.15, 0.2) is 24.3 Å². The molecule has 1 unspecified atom stereocenters. The van der Waals surface area contributed by atoms with Gasteiger partial charge in [0.15, 0.2) is 9.84 Å². The van der Waals surface area contributed by atoms with Crippen LogP contribution in [-0.2, 0) is 9.84 Å². The van der Waals surface area contributed by atoms with Gasteiger partial charge in [0.25, 0.3) is 0 Å². The van der Waals surface area contributed by atoms with Gasteiger partial charge in [-0.3, -0.25) is 0 Å². The van der Waals surface area contributed by atoms with Crippen LogP contribution in [-0.4, -0.2) is 52.8 Å². The summed E-state index contributed by atoms with van der Waals surface area (Å²) in [6.45, 7) is 1.09. The van der Waals surface area contributed by atoms with Crippen LogP contribution < -0.4 is 20.1 Å². The Hall–Kier alpha value is -1.96. The van der Waals surface area contributed by atoms with E-state index in [1.54, 1.807) is 31.4 Å². The molecule has 8 heteroatoms. The number of carbonyl (C=O) groups excluding carboxylic acids is 1. The molecule has 1 aromatic carbocycles. The number of carbonyl (C=O) groups is 1. The fraction of sp³-hybridized carbons (Fsp3) is 0.533. The molecule has 1 aliphatic heterocycles. The summed E-state index contributed by atoms with van der Waals surface area (Å²) in [5.41, 5.74) is 0. The lowest BCUT2D eigenvalue weighted by Gasteiger charge is -2.11. The molecule has 1 fully saturated rings. The van der Waals surface area contributed by atoms with Gasteiger partial charge in [0.2, 0.25) is 0 Å². The molecular weight excluding hydrogens is 320 g/mol. The first kappa shape index (κ1) is 17.4. The number of hydrogen-bond acceptors (Lipinski definition) is 5. The van der Waals surface area contributed by atoms with Gasteiger partial charge in [0.1, 0.15) is 18.1 Å². The highest BCUT2D eigenvalue weighted by atomic mass is 32.2. The van der Waals surface area contributed by atoms with Gasteiger partial charge in [-0.05, 0) is 36.6 Å². The average molecular weight is 342 g/mol. The standard InChI is InChI=1S/C15H22N2O5S/c1-21-13-2-4-14(5-3-13)22-8-7-16-15(18)17-10-12-6-9-23(19,20)11-12/h2-5,12H,6-11H2,1H3,(H2,16,17,18). The Bertz CT molecular complexity index is 615. The van der Waals surface area contributed by atoms with E-state index < -0.39 is 9.84 Å². The predicted molar refractivity (Wildman–Crippen MR) is 86.7 cm³/mol. The molecule has 7 nitrogen and oxygen atoms in total. The second-order valence-electron chi connectivity index (χ2n) is 5.43. The molecule has 0 aliphatic carbocycles. The van der Waals surface area contributed by atoms with E-state index in [1.165, 1.54) is 0 Å². The predicted octanol–water partition coefficient (Wildman–Crippen LogP) is 0.808. The van der Waals surface area contributed by atoms with Crippen LogP contribution in [0.3, 0.4) is 0 Å². The molecule has 23 heavy (non-hydrogen) atoms. The third-order valence-electron chi connectivity index (χ3n) is 3.59. The highest BCUT2D eigenvalue weighted by molar-refractivity contribution is 7.91. The fourth-order valence-electron chi connectivity index (χ4n) is 2.34. The number of hydrogen-bond donors (Lipinski definition) is 2. The lowest BCUT2D eigenvalue weighted by molar-refractivity contribution is 0.235. The van der Waals surface area contributed by atoms with Crippen LogP contribution in [0.5, 0.6) is 11.5 Å². The number of nitrogens with one attached hydrogen (secondary N) is 2. The molecule has 0 bridgehead atoms. The normalized spacial score (nSPS) is 19.1. The van der Waals surface area contributed by atoms with Crippen LogP contribution in [0.4, 0.5) is 4.79 Å². The number of amides is 2. The summed E-state index contributed by atoms with van der Waals surface area (Å²) in [5.74, 6) is 1.85. The van der Waals surface area contributed by atoms with Gasteiger partial charge in [0, 0.05) is 6.54 Å². The van der Waals surface area contributed by atoms with E-state index in [-0.39, 0.29) is 23.5 Å². The molecule has 2 amide bonds. The van der Waals surface area contributed by atoms with Gasteiger partial charge in [-0.1, -0.05) is 0 Å². The molecule has 1 atom stereocenters. The molecule has 0 radical (unpaired) electrons. The zero-order valence-corrected chi connectivity index (χ0v) is 13.9. The minimum absolute atomic E-state index is 0.0151. The SMILES string of the molecule is COc1ccc(OCCNC(=O)NCC2CCS(=O)(=O)C2)cc1. The second-order valence-corrected chi connectivity index (χ2v) is 7.66. The summed E-state index contributed by atoms with van der Waals surface area (Å²) in [6.07, 6.45) is 0.614. The second kappa shape index (κ2) is 8.05. The summed E-state index contributed by atoms with van der Waals surface area (Å²) in [5, 5.41) is 5.36. The Kier molecular flexibility index (Phi) is 6.09. The summed E-state index contributed by atoms with van der Waals surface area (Å²) < 4.78 is 33.2. The molecule has 1 aromatic rings. The monoisotopic (exact) mass is 342 g/mol. The topological polar surface area (TPSA) is 93.7 Å². The Morgan fingerprint density at radius 2 is 1.91 bits per heavy atom. The average Bonchev–Trinajstić information content (AvgIpc) is 2.89. The van der Waals surface area contributed by atoms with Crippen molar-refractivity contribution in [1.82, 2.24) is 10.6 Å². The van der Waals surface area contributed by atoms with Crippen molar-refractivity contribution in [3.05, 3.63) is 24.3 Å². The molecular formula is C15H22N2O5S. The number of urea groups is 1. The van der Waals surface area contributed by atoms with Gasteiger partial charge < -0.3 is 20.1 Å². The quantitative estimate of drug-likeness (QED) is 0.715. The molecule has 1 heterocycles. The highest BCUT2D eigenvalue weighted by Crippen LogP contribution is 2.17. The van der Waals surface area contributed by atoms with E-state index in [1.807, 2.05) is 0 Å². The minimum Gasteiger partial charge on any atom is -0.497 e. The minimum atomic E-state index is -2.90. The third-order valence-corrected chi connectivity index (χ3v) is 5.43. The maximum Gasteiger partial charge on any atom is 0.314 e. The summed E-state index contributed by atoms with van der Waals surface area (Å²) in [6, 6.07) is 6.86. The Labute approximate surface area is 136 Å². The summed E-state index contributed by atoms with van der Waals surface area (Å²) in [4.78, 5) is 11.6. The van der Waals surface area contributed by atoms with E-state index >= 15 is 0 Å². The summed E-state index contributed by atoms with van der Waals surface area (Å²) in [7, 11) is -1.30. The molecule has 2 N–H and O–H groups in total. The van der Waals surface area contributed by atoms with Crippen LogP contribution in [0.25, 0.3) is 0 Å². The molecule has 1 aliphatic rings. The first-order valence-electron chi connectivity index (χ1n) is 7.47. The van der Waals surface area contributed by atoms with Crippen molar-refractivity contribution < 1.29 is 22.7 Å². The maximum atomic E-state index is 11.6. The zero-order valence-electron chi connectivity index (χ0n) is 13.1. The maximum absolute atomic E-state index is 11.6. The first-order chi connectivity index (χ1) is 11.0. The Balaban J connectivity index is 1.57. The molecule has 128 valence electrons. The molecule has 2 rings (SSSR count). The third kappa shape index (κ3) is 5.97. The van der Waals surface area contributed by atoms with Gasteiger partial charge in [0.05, 0.1) is 25.2 Å². The number of methoxy groups -OCH3 is 1. The molecule has 1 saturated heterocycles. The fourth-order valence-corrected chi connectivity index (χ4v) is 4.20. The largest absolute Gasteiger partial charge is 0.497 e. The zero-order chi connectivity index (χ0) is 16.7. The number of rotatable bonds is 7. The van der Waals surface area contributed by atoms with Crippen LogP contribution in [0, 0.1) is 5.92 Å². The van der Waals surface area contributed by atoms with Crippen molar-refractivity contribution in [1.29, 1.82) is 0 Å². The van der Waals surface area contributed by atoms with Crippen molar-refractivity contribution in [2.75, 3.05) is 38.3 Å². The molecule has 0 saturated carbocycles. The van der Waals surface area contributed by atoms with Crippen LogP contribution in [0.1, 0.15) is 6.42 Å². The van der Waals surface area contributed by atoms with Gasteiger partial charge in [-0.25, -0.2) is 13.2 Å². The van der Waals surface area contributed by atoms with Crippen molar-refractivity contribution in [3.8, 4) is 11.5 Å². The van der Waals surface area contributed by atoms with Crippen molar-refractivity contribution in [3.63, 3.8) is 0 Å². The van der Waals surface area contributed by atoms with E-state index in [4.69, 9.17) is 9.47 Å². The van der Waals surface area contributed by atoms with Crippen molar-refractivity contribution in [2.24, 2.45) is 5.92 Å². The summed E-state index contributed by atoms with van der Waals surface area (Å²) >= 11 is 0. The van der Waals surface area contributed by atoms with Crippen LogP contribution in [0.2, 0.25) is 0 Å². The van der Waals surface area contributed by atoms with E-state index in [2.05, 4.69) is 10.6 Å². The first-order valence-corrected chi connectivity index (χ1v) is 9.29.